The molecule has 8 heavy (non-hydrogen) atoms. The lowest BCUT2D eigenvalue weighted by atomic mass is 10.3. The quantitative estimate of drug-likeness (QED) is 0.433. The molecule has 0 saturated carbocycles. The molecule has 0 heterocycles. The summed E-state index contributed by atoms with van der Waals surface area (Å²) in [4.78, 5) is 11.9. The molecule has 0 aromatic heterocycles. The van der Waals surface area contributed by atoms with Crippen molar-refractivity contribution in [2.45, 2.75) is 6.04 Å². The number of rotatable bonds is 3. The van der Waals surface area contributed by atoms with Gasteiger partial charge >= 0.3 is 0 Å². The molecule has 0 rings (SSSR count). The summed E-state index contributed by atoms with van der Waals surface area (Å²) >= 11 is 3.96. The Morgan fingerprint density at radius 1 is 1.75 bits per heavy atom. The molecule has 0 aliphatic carbocycles. The van der Waals surface area contributed by atoms with Crippen molar-refractivity contribution < 1.29 is 4.79 Å². The maximum absolute atomic E-state index is 10.1. The molecule has 0 radical (unpaired) electrons. The summed E-state index contributed by atoms with van der Waals surface area (Å²) < 4.78 is 0. The number of likely N-dealkylation sites (N-methyl/N-ethyl adjacent to an activating group) is 1. The van der Waals surface area contributed by atoms with Crippen LogP contribution in [0.1, 0.15) is 0 Å². The maximum atomic E-state index is 10.1. The van der Waals surface area contributed by atoms with E-state index in [-0.39, 0.29) is 6.04 Å². The van der Waals surface area contributed by atoms with Crippen LogP contribution in [-0.4, -0.2) is 37.1 Å². The fraction of sp³-hybridized carbons (Fsp3) is 0.800. The molecule has 0 saturated heterocycles. The van der Waals surface area contributed by atoms with Gasteiger partial charge in [-0.05, 0) is 14.1 Å². The van der Waals surface area contributed by atoms with Crippen molar-refractivity contribution in [1.82, 2.24) is 4.90 Å². The lowest BCUT2D eigenvalue weighted by Crippen LogP contribution is -2.30. The second-order valence-electron chi connectivity index (χ2n) is 1.85. The van der Waals surface area contributed by atoms with E-state index < -0.39 is 0 Å². The van der Waals surface area contributed by atoms with Crippen LogP contribution in [0.5, 0.6) is 0 Å². The highest BCUT2D eigenvalue weighted by Gasteiger charge is 2.04. The van der Waals surface area contributed by atoms with Crippen LogP contribution in [-0.2, 0) is 4.79 Å². The molecule has 0 fully saturated rings. The SMILES string of the molecule is CN(C)[C@H](C=O)CS. The van der Waals surface area contributed by atoms with Crippen LogP contribution < -0.4 is 0 Å². The van der Waals surface area contributed by atoms with Crippen LogP contribution in [0.25, 0.3) is 0 Å². The summed E-state index contributed by atoms with van der Waals surface area (Å²) in [7, 11) is 3.71. The van der Waals surface area contributed by atoms with Gasteiger partial charge in [-0.1, -0.05) is 0 Å². The van der Waals surface area contributed by atoms with Crippen LogP contribution in [0, 0.1) is 0 Å². The standard InChI is InChI=1S/C5H11NOS/c1-6(2)5(3-7)4-8/h3,5,8H,4H2,1-2H3/t5-/m1/s1. The molecule has 0 spiro atoms. The van der Waals surface area contributed by atoms with E-state index in [2.05, 4.69) is 12.6 Å². The molecule has 0 amide bonds. The van der Waals surface area contributed by atoms with Crippen molar-refractivity contribution >= 4 is 18.9 Å². The summed E-state index contributed by atoms with van der Waals surface area (Å²) in [5, 5.41) is 0. The number of aldehydes is 1. The molecule has 0 aliphatic rings. The monoisotopic (exact) mass is 133 g/mol. The first-order chi connectivity index (χ1) is 3.72. The van der Waals surface area contributed by atoms with Gasteiger partial charge in [0.1, 0.15) is 6.29 Å². The highest BCUT2D eigenvalue weighted by molar-refractivity contribution is 7.80. The van der Waals surface area contributed by atoms with Gasteiger partial charge in [-0.15, -0.1) is 0 Å². The van der Waals surface area contributed by atoms with Gasteiger partial charge in [0.2, 0.25) is 0 Å². The molecular formula is C5H11NOS. The van der Waals surface area contributed by atoms with Gasteiger partial charge in [0, 0.05) is 5.75 Å². The molecule has 0 unspecified atom stereocenters. The molecule has 2 nitrogen and oxygen atoms in total. The van der Waals surface area contributed by atoms with Crippen LogP contribution in [0.2, 0.25) is 0 Å². The number of nitrogens with zero attached hydrogens (tertiary/aromatic N) is 1. The normalized spacial score (nSPS) is 14.0. The van der Waals surface area contributed by atoms with Crippen molar-refractivity contribution in [3.05, 3.63) is 0 Å². The minimum absolute atomic E-state index is 0.0293. The third-order valence-electron chi connectivity index (χ3n) is 1.01. The average Bonchev–Trinajstić information content (AvgIpc) is 1.69. The zero-order valence-electron chi connectivity index (χ0n) is 5.16. The first kappa shape index (κ1) is 7.98. The minimum atomic E-state index is -0.0293. The molecule has 0 N–H and O–H groups in total. The third kappa shape index (κ3) is 2.33. The van der Waals surface area contributed by atoms with Gasteiger partial charge in [-0.3, -0.25) is 4.90 Å². The lowest BCUT2D eigenvalue weighted by molar-refractivity contribution is -0.110. The smallest absolute Gasteiger partial charge is 0.137 e. The van der Waals surface area contributed by atoms with Crippen molar-refractivity contribution in [2.24, 2.45) is 0 Å². The Morgan fingerprint density at radius 2 is 2.25 bits per heavy atom. The van der Waals surface area contributed by atoms with Gasteiger partial charge < -0.3 is 4.79 Å². The first-order valence-corrected chi connectivity index (χ1v) is 3.08. The molecule has 3 heteroatoms. The maximum Gasteiger partial charge on any atom is 0.137 e. The number of carbonyl (C=O) groups is 1. The number of hydrogen-bond donors (Lipinski definition) is 1. The van der Waals surface area contributed by atoms with E-state index in [1.54, 1.807) is 0 Å². The Hall–Kier alpha value is -0.0200. The van der Waals surface area contributed by atoms with E-state index in [9.17, 15) is 4.79 Å². The first-order valence-electron chi connectivity index (χ1n) is 2.45. The summed E-state index contributed by atoms with van der Waals surface area (Å²) in [6.07, 6.45) is 0.896. The largest absolute Gasteiger partial charge is 0.302 e. The lowest BCUT2D eigenvalue weighted by Gasteiger charge is -2.14. The molecule has 0 aromatic carbocycles. The number of carbonyl (C=O) groups excluding carboxylic acids is 1. The van der Waals surface area contributed by atoms with Gasteiger partial charge in [0.05, 0.1) is 6.04 Å². The Bertz CT molecular complexity index is 74.8. The zero-order chi connectivity index (χ0) is 6.57. The van der Waals surface area contributed by atoms with Crippen LogP contribution in [0.3, 0.4) is 0 Å². The average molecular weight is 133 g/mol. The number of hydrogen-bond acceptors (Lipinski definition) is 3. The predicted octanol–water partition coefficient (Wildman–Crippen LogP) is 0.0453. The fourth-order valence-corrected chi connectivity index (χ4v) is 0.741. The molecule has 1 atom stereocenters. The zero-order valence-corrected chi connectivity index (χ0v) is 6.06. The second kappa shape index (κ2) is 3.92. The molecular weight excluding hydrogens is 122 g/mol. The van der Waals surface area contributed by atoms with E-state index in [0.717, 1.165) is 6.29 Å². The van der Waals surface area contributed by atoms with E-state index in [4.69, 9.17) is 0 Å². The summed E-state index contributed by atoms with van der Waals surface area (Å²) in [6, 6.07) is -0.0293. The third-order valence-corrected chi connectivity index (χ3v) is 1.38. The Labute approximate surface area is 55.3 Å². The summed E-state index contributed by atoms with van der Waals surface area (Å²) in [5.41, 5.74) is 0. The van der Waals surface area contributed by atoms with Crippen LogP contribution in [0.4, 0.5) is 0 Å². The second-order valence-corrected chi connectivity index (χ2v) is 2.21. The minimum Gasteiger partial charge on any atom is -0.302 e. The predicted molar refractivity (Wildman–Crippen MR) is 37.4 cm³/mol. The van der Waals surface area contributed by atoms with Gasteiger partial charge in [0.25, 0.3) is 0 Å². The highest BCUT2D eigenvalue weighted by Crippen LogP contribution is 1.89. The van der Waals surface area contributed by atoms with Crippen molar-refractivity contribution in [3.63, 3.8) is 0 Å². The van der Waals surface area contributed by atoms with Gasteiger partial charge in [-0.25, -0.2) is 0 Å². The van der Waals surface area contributed by atoms with Gasteiger partial charge in [0.15, 0.2) is 0 Å². The van der Waals surface area contributed by atoms with Crippen molar-refractivity contribution in [2.75, 3.05) is 19.8 Å². The number of thiol groups is 1. The van der Waals surface area contributed by atoms with Crippen LogP contribution in [0.15, 0.2) is 0 Å². The summed E-state index contributed by atoms with van der Waals surface area (Å²) in [6.45, 7) is 0. The van der Waals surface area contributed by atoms with E-state index in [0.29, 0.717) is 5.75 Å². The molecule has 48 valence electrons. The van der Waals surface area contributed by atoms with Crippen molar-refractivity contribution in [1.29, 1.82) is 0 Å². The van der Waals surface area contributed by atoms with E-state index in [1.165, 1.54) is 0 Å². The Balaban J connectivity index is 3.51. The van der Waals surface area contributed by atoms with Gasteiger partial charge in [-0.2, -0.15) is 12.6 Å². The molecule has 0 aromatic rings. The Kier molecular flexibility index (Phi) is 3.91. The van der Waals surface area contributed by atoms with E-state index in [1.807, 2.05) is 19.0 Å². The molecule has 0 bridgehead atoms. The van der Waals surface area contributed by atoms with Crippen LogP contribution >= 0.6 is 12.6 Å². The fourth-order valence-electron chi connectivity index (χ4n) is 0.328. The Morgan fingerprint density at radius 3 is 2.25 bits per heavy atom. The summed E-state index contributed by atoms with van der Waals surface area (Å²) in [5.74, 6) is 0.594. The molecule has 0 aliphatic heterocycles. The highest BCUT2D eigenvalue weighted by atomic mass is 32.1. The van der Waals surface area contributed by atoms with E-state index >= 15 is 0 Å². The van der Waals surface area contributed by atoms with Crippen molar-refractivity contribution in [3.8, 4) is 0 Å². The topological polar surface area (TPSA) is 20.3 Å².